The van der Waals surface area contributed by atoms with Crippen LogP contribution in [0.1, 0.15) is 28.9 Å². The minimum Gasteiger partial charge on any atom is -0.476 e. The van der Waals surface area contributed by atoms with Crippen molar-refractivity contribution in [2.45, 2.75) is 19.4 Å². The molecule has 9 heteroatoms. The zero-order chi connectivity index (χ0) is 18.6. The highest BCUT2D eigenvalue weighted by molar-refractivity contribution is 7.92. The summed E-state index contributed by atoms with van der Waals surface area (Å²) >= 11 is 0. The number of hydrogen-bond acceptors (Lipinski definition) is 5. The highest BCUT2D eigenvalue weighted by Gasteiger charge is 2.27. The van der Waals surface area contributed by atoms with Crippen LogP contribution in [0.4, 0.5) is 0 Å². The summed E-state index contributed by atoms with van der Waals surface area (Å²) in [6, 6.07) is 9.27. The maximum Gasteiger partial charge on any atom is 0.358 e. The topological polar surface area (TPSA) is 105 Å². The number of piperidine rings is 1. The van der Waals surface area contributed by atoms with Crippen LogP contribution in [0.25, 0.3) is 6.08 Å². The summed E-state index contributed by atoms with van der Waals surface area (Å²) in [6.45, 7) is 1.30. The number of aromatic nitrogens is 3. The Morgan fingerprint density at radius 2 is 2.08 bits per heavy atom. The van der Waals surface area contributed by atoms with E-state index in [1.807, 2.05) is 30.3 Å². The number of sulfonamides is 1. The van der Waals surface area contributed by atoms with E-state index in [0.29, 0.717) is 19.6 Å². The van der Waals surface area contributed by atoms with Crippen molar-refractivity contribution in [2.24, 2.45) is 5.92 Å². The number of nitrogens with zero attached hydrogens (tertiary/aromatic N) is 4. The average Bonchev–Trinajstić information content (AvgIpc) is 3.10. The molecule has 2 heterocycles. The molecular formula is C17H20N4O4S. The largest absolute Gasteiger partial charge is 0.476 e. The zero-order valence-electron chi connectivity index (χ0n) is 14.1. The first-order valence-corrected chi connectivity index (χ1v) is 9.81. The standard InChI is InChI=1S/C17H20N4O4S/c22-17(23)16-13-20(19-18-16)11-15-7-4-9-21(12-15)26(24,25)10-8-14-5-2-1-3-6-14/h1-3,5-6,8,10,13,15H,4,7,9,11-12H2,(H,22,23)/b10-8+. The molecule has 1 unspecified atom stereocenters. The van der Waals surface area contributed by atoms with Gasteiger partial charge in [-0.25, -0.2) is 13.2 Å². The molecule has 0 saturated carbocycles. The highest BCUT2D eigenvalue weighted by Crippen LogP contribution is 2.21. The third-order valence-corrected chi connectivity index (χ3v) is 5.81. The fourth-order valence-electron chi connectivity index (χ4n) is 2.97. The van der Waals surface area contributed by atoms with Gasteiger partial charge in [-0.15, -0.1) is 5.10 Å². The second-order valence-corrected chi connectivity index (χ2v) is 8.07. The van der Waals surface area contributed by atoms with Gasteiger partial charge in [0.25, 0.3) is 0 Å². The number of carboxylic acids is 1. The molecule has 1 atom stereocenters. The van der Waals surface area contributed by atoms with E-state index in [-0.39, 0.29) is 11.6 Å². The molecule has 1 saturated heterocycles. The van der Waals surface area contributed by atoms with Gasteiger partial charge in [0, 0.05) is 25.0 Å². The molecule has 8 nitrogen and oxygen atoms in total. The molecule has 1 aliphatic heterocycles. The van der Waals surface area contributed by atoms with Crippen molar-refractivity contribution in [3.05, 3.63) is 53.2 Å². The summed E-state index contributed by atoms with van der Waals surface area (Å²) in [5.74, 6) is -1.07. The Labute approximate surface area is 151 Å². The predicted molar refractivity (Wildman–Crippen MR) is 95.7 cm³/mol. The van der Waals surface area contributed by atoms with Crippen molar-refractivity contribution < 1.29 is 18.3 Å². The molecule has 0 radical (unpaired) electrons. The van der Waals surface area contributed by atoms with Gasteiger partial charge in [0.15, 0.2) is 5.69 Å². The molecule has 1 N–H and O–H groups in total. The van der Waals surface area contributed by atoms with Crippen LogP contribution >= 0.6 is 0 Å². The summed E-state index contributed by atoms with van der Waals surface area (Å²) in [4.78, 5) is 10.9. The summed E-state index contributed by atoms with van der Waals surface area (Å²) in [7, 11) is -3.50. The van der Waals surface area contributed by atoms with E-state index in [2.05, 4.69) is 10.3 Å². The third kappa shape index (κ3) is 4.55. The fraction of sp³-hybridized carbons (Fsp3) is 0.353. The second-order valence-electron chi connectivity index (χ2n) is 6.26. The van der Waals surface area contributed by atoms with Crippen LogP contribution in [-0.4, -0.2) is 51.9 Å². The number of aromatic carboxylic acids is 1. The van der Waals surface area contributed by atoms with E-state index >= 15 is 0 Å². The molecule has 0 aliphatic carbocycles. The maximum absolute atomic E-state index is 12.6. The predicted octanol–water partition coefficient (Wildman–Crippen LogP) is 1.69. The van der Waals surface area contributed by atoms with Gasteiger partial charge in [-0.3, -0.25) is 4.68 Å². The smallest absolute Gasteiger partial charge is 0.358 e. The molecule has 3 rings (SSSR count). The first kappa shape index (κ1) is 18.3. The minimum atomic E-state index is -3.50. The van der Waals surface area contributed by atoms with Gasteiger partial charge in [-0.2, -0.15) is 4.31 Å². The van der Waals surface area contributed by atoms with Crippen LogP contribution in [-0.2, 0) is 16.6 Å². The molecule has 0 spiro atoms. The lowest BCUT2D eigenvalue weighted by Gasteiger charge is -2.30. The number of hydrogen-bond donors (Lipinski definition) is 1. The fourth-order valence-corrected chi connectivity index (χ4v) is 4.28. The second kappa shape index (κ2) is 7.79. The van der Waals surface area contributed by atoms with Gasteiger partial charge in [0.05, 0.1) is 6.20 Å². The molecule has 1 aromatic carbocycles. The first-order chi connectivity index (χ1) is 12.4. The molecule has 1 fully saturated rings. The Bertz CT molecular complexity index is 892. The lowest BCUT2D eigenvalue weighted by Crippen LogP contribution is -2.40. The van der Waals surface area contributed by atoms with Crippen LogP contribution in [0.3, 0.4) is 0 Å². The molecule has 26 heavy (non-hydrogen) atoms. The van der Waals surface area contributed by atoms with Crippen LogP contribution in [0.15, 0.2) is 41.9 Å². The molecule has 0 amide bonds. The van der Waals surface area contributed by atoms with Gasteiger partial charge in [0.2, 0.25) is 10.0 Å². The summed E-state index contributed by atoms with van der Waals surface area (Å²) in [6.07, 6.45) is 4.57. The van der Waals surface area contributed by atoms with E-state index < -0.39 is 16.0 Å². The molecule has 1 aromatic heterocycles. The number of carbonyl (C=O) groups is 1. The lowest BCUT2D eigenvalue weighted by molar-refractivity contribution is 0.0690. The third-order valence-electron chi connectivity index (χ3n) is 4.28. The van der Waals surface area contributed by atoms with Gasteiger partial charge >= 0.3 is 5.97 Å². The summed E-state index contributed by atoms with van der Waals surface area (Å²) in [5.41, 5.74) is 0.713. The normalized spacial score (nSPS) is 19.0. The lowest BCUT2D eigenvalue weighted by atomic mass is 10.00. The molecule has 138 valence electrons. The van der Waals surface area contributed by atoms with Crippen molar-refractivity contribution in [3.63, 3.8) is 0 Å². The summed E-state index contributed by atoms with van der Waals surface area (Å²) < 4.78 is 28.1. The van der Waals surface area contributed by atoms with Gasteiger partial charge in [-0.05, 0) is 30.4 Å². The monoisotopic (exact) mass is 376 g/mol. The zero-order valence-corrected chi connectivity index (χ0v) is 14.9. The van der Waals surface area contributed by atoms with Crippen molar-refractivity contribution in [3.8, 4) is 0 Å². The van der Waals surface area contributed by atoms with Crippen LogP contribution in [0.5, 0.6) is 0 Å². The van der Waals surface area contributed by atoms with E-state index in [4.69, 9.17) is 5.11 Å². The van der Waals surface area contributed by atoms with Gasteiger partial charge < -0.3 is 5.11 Å². The van der Waals surface area contributed by atoms with E-state index in [0.717, 1.165) is 18.4 Å². The van der Waals surface area contributed by atoms with Crippen molar-refractivity contribution in [1.29, 1.82) is 0 Å². The van der Waals surface area contributed by atoms with Gasteiger partial charge in [0.1, 0.15) is 0 Å². The Balaban J connectivity index is 1.65. The van der Waals surface area contributed by atoms with Crippen LogP contribution in [0.2, 0.25) is 0 Å². The van der Waals surface area contributed by atoms with Crippen LogP contribution in [0, 0.1) is 5.92 Å². The van der Waals surface area contributed by atoms with E-state index in [1.165, 1.54) is 20.6 Å². The quantitative estimate of drug-likeness (QED) is 0.822. The number of carboxylic acid groups (broad SMARTS) is 1. The molecule has 2 aromatic rings. The average molecular weight is 376 g/mol. The Kier molecular flexibility index (Phi) is 5.48. The Morgan fingerprint density at radius 3 is 2.77 bits per heavy atom. The summed E-state index contributed by atoms with van der Waals surface area (Å²) in [5, 5.41) is 17.5. The van der Waals surface area contributed by atoms with E-state index in [9.17, 15) is 13.2 Å². The van der Waals surface area contributed by atoms with Crippen LogP contribution < -0.4 is 0 Å². The Hall–Kier alpha value is -2.52. The number of rotatable bonds is 6. The van der Waals surface area contributed by atoms with Crippen molar-refractivity contribution in [1.82, 2.24) is 19.3 Å². The van der Waals surface area contributed by atoms with Crippen molar-refractivity contribution >= 4 is 22.1 Å². The SMILES string of the molecule is O=C(O)c1cn(CC2CCCN(S(=O)(=O)/C=C/c3ccccc3)C2)nn1. The Morgan fingerprint density at radius 1 is 1.31 bits per heavy atom. The minimum absolute atomic E-state index is 0.0620. The molecule has 1 aliphatic rings. The molecule has 0 bridgehead atoms. The first-order valence-electron chi connectivity index (χ1n) is 8.31. The number of benzene rings is 1. The van der Waals surface area contributed by atoms with E-state index in [1.54, 1.807) is 6.08 Å². The van der Waals surface area contributed by atoms with Gasteiger partial charge in [-0.1, -0.05) is 35.5 Å². The highest BCUT2D eigenvalue weighted by atomic mass is 32.2. The van der Waals surface area contributed by atoms with Crippen molar-refractivity contribution in [2.75, 3.05) is 13.1 Å². The maximum atomic E-state index is 12.6. The molecular weight excluding hydrogens is 356 g/mol.